The normalized spacial score (nSPS) is 10.4. The number of ether oxygens (including phenoxy) is 1. The van der Waals surface area contributed by atoms with Crippen LogP contribution in [0.3, 0.4) is 0 Å². The minimum Gasteiger partial charge on any atom is -0.494 e. The van der Waals surface area contributed by atoms with Gasteiger partial charge >= 0.3 is 0 Å². The van der Waals surface area contributed by atoms with Gasteiger partial charge in [0.15, 0.2) is 0 Å². The molecule has 0 aliphatic rings. The lowest BCUT2D eigenvalue weighted by molar-refractivity contribution is 0.411. The Morgan fingerprint density at radius 2 is 2.00 bits per heavy atom. The fraction of sp³-hybridized carbons (Fsp3) is 0.308. The maximum absolute atomic E-state index is 5.41. The van der Waals surface area contributed by atoms with Crippen LogP contribution in [-0.2, 0) is 0 Å². The van der Waals surface area contributed by atoms with Crippen LogP contribution in [0.1, 0.15) is 11.4 Å². The Bertz CT molecular complexity index is 531. The number of nitrogens with zero attached hydrogens (tertiary/aromatic N) is 2. The Morgan fingerprint density at radius 1 is 1.24 bits per heavy atom. The van der Waals surface area contributed by atoms with Gasteiger partial charge in [0.2, 0.25) is 0 Å². The Hall–Kier alpha value is -1.97. The van der Waals surface area contributed by atoms with E-state index in [1.807, 2.05) is 49.8 Å². The van der Waals surface area contributed by atoms with Crippen molar-refractivity contribution in [3.63, 3.8) is 0 Å². The van der Waals surface area contributed by atoms with Crippen molar-refractivity contribution in [2.45, 2.75) is 13.8 Å². The third-order valence-electron chi connectivity index (χ3n) is 2.71. The van der Waals surface area contributed by atoms with Crippen molar-refractivity contribution in [2.24, 2.45) is 0 Å². The lowest BCUT2D eigenvalue weighted by atomic mass is 10.2. The molecular formula is C13H17N3O. The fourth-order valence-corrected chi connectivity index (χ4v) is 1.88. The van der Waals surface area contributed by atoms with Gasteiger partial charge in [-0.05, 0) is 32.0 Å². The number of aryl methyl sites for hydroxylation is 2. The molecule has 1 N–H and O–H groups in total. The molecule has 0 spiro atoms. The summed E-state index contributed by atoms with van der Waals surface area (Å²) in [6, 6.07) is 8.02. The molecule has 0 saturated carbocycles. The van der Waals surface area contributed by atoms with Crippen molar-refractivity contribution in [3.8, 4) is 11.4 Å². The molecule has 0 atom stereocenters. The summed E-state index contributed by atoms with van der Waals surface area (Å²) in [6.45, 7) is 4.02. The van der Waals surface area contributed by atoms with Crippen LogP contribution in [0.2, 0.25) is 0 Å². The molecule has 0 aliphatic heterocycles. The van der Waals surface area contributed by atoms with Crippen LogP contribution in [0.15, 0.2) is 24.3 Å². The van der Waals surface area contributed by atoms with Crippen molar-refractivity contribution in [2.75, 3.05) is 19.5 Å². The van der Waals surface area contributed by atoms with Crippen LogP contribution in [0.5, 0.6) is 5.75 Å². The summed E-state index contributed by atoms with van der Waals surface area (Å²) in [5.41, 5.74) is 4.07. The van der Waals surface area contributed by atoms with Crippen molar-refractivity contribution < 1.29 is 4.74 Å². The molecule has 0 bridgehead atoms. The van der Waals surface area contributed by atoms with Gasteiger partial charge in [0.25, 0.3) is 0 Å². The lowest BCUT2D eigenvalue weighted by Gasteiger charge is -2.11. The van der Waals surface area contributed by atoms with Gasteiger partial charge in [-0.1, -0.05) is 0 Å². The Balaban J connectivity index is 2.55. The lowest BCUT2D eigenvalue weighted by Crippen LogP contribution is -2.02. The number of anilines is 1. The van der Waals surface area contributed by atoms with Crippen molar-refractivity contribution in [3.05, 3.63) is 35.7 Å². The Morgan fingerprint density at radius 3 is 2.53 bits per heavy atom. The van der Waals surface area contributed by atoms with E-state index < -0.39 is 0 Å². The number of nitrogens with one attached hydrogen (secondary N) is 1. The maximum Gasteiger partial charge on any atom is 0.146 e. The third-order valence-corrected chi connectivity index (χ3v) is 2.71. The van der Waals surface area contributed by atoms with E-state index in [1.54, 1.807) is 7.11 Å². The minimum absolute atomic E-state index is 0.808. The average molecular weight is 231 g/mol. The van der Waals surface area contributed by atoms with Crippen molar-refractivity contribution >= 4 is 5.69 Å². The molecule has 17 heavy (non-hydrogen) atoms. The predicted molar refractivity (Wildman–Crippen MR) is 69.1 cm³/mol. The van der Waals surface area contributed by atoms with Crippen molar-refractivity contribution in [1.29, 1.82) is 0 Å². The number of benzene rings is 1. The zero-order valence-electron chi connectivity index (χ0n) is 10.6. The van der Waals surface area contributed by atoms with Gasteiger partial charge < -0.3 is 10.1 Å². The second-order valence-corrected chi connectivity index (χ2v) is 3.98. The Labute approximate surface area is 101 Å². The topological polar surface area (TPSA) is 39.1 Å². The molecule has 0 fully saturated rings. The number of methoxy groups -OCH3 is 1. The first-order chi connectivity index (χ1) is 8.15. The molecule has 4 nitrogen and oxygen atoms in total. The summed E-state index contributed by atoms with van der Waals surface area (Å²) >= 11 is 0. The molecule has 2 rings (SSSR count). The SMILES string of the molecule is CNc1ccc(-n2nc(C)cc2C)c(OC)c1. The smallest absolute Gasteiger partial charge is 0.146 e. The highest BCUT2D eigenvalue weighted by Crippen LogP contribution is 2.27. The van der Waals surface area contributed by atoms with Crippen LogP contribution in [0, 0.1) is 13.8 Å². The van der Waals surface area contributed by atoms with Gasteiger partial charge in [0.05, 0.1) is 12.8 Å². The molecule has 1 aromatic carbocycles. The first-order valence-electron chi connectivity index (χ1n) is 5.55. The molecule has 0 unspecified atom stereocenters. The average Bonchev–Trinajstić information content (AvgIpc) is 2.67. The van der Waals surface area contributed by atoms with Crippen LogP contribution in [0.4, 0.5) is 5.69 Å². The molecule has 0 aliphatic carbocycles. The summed E-state index contributed by atoms with van der Waals surface area (Å²) in [7, 11) is 3.56. The summed E-state index contributed by atoms with van der Waals surface area (Å²) in [4.78, 5) is 0. The molecule has 1 aromatic heterocycles. The molecule has 0 radical (unpaired) electrons. The zero-order valence-corrected chi connectivity index (χ0v) is 10.6. The molecular weight excluding hydrogens is 214 g/mol. The second kappa shape index (κ2) is 4.49. The van der Waals surface area contributed by atoms with Gasteiger partial charge in [-0.15, -0.1) is 0 Å². The summed E-state index contributed by atoms with van der Waals surface area (Å²) in [5, 5.41) is 7.55. The van der Waals surface area contributed by atoms with E-state index in [1.165, 1.54) is 0 Å². The summed E-state index contributed by atoms with van der Waals surface area (Å²) in [6.07, 6.45) is 0. The van der Waals surface area contributed by atoms with E-state index in [9.17, 15) is 0 Å². The molecule has 4 heteroatoms. The van der Waals surface area contributed by atoms with Crippen LogP contribution in [-0.4, -0.2) is 23.9 Å². The van der Waals surface area contributed by atoms with Crippen LogP contribution in [0.25, 0.3) is 5.69 Å². The largest absolute Gasteiger partial charge is 0.494 e. The van der Waals surface area contributed by atoms with E-state index >= 15 is 0 Å². The summed E-state index contributed by atoms with van der Waals surface area (Å²) in [5.74, 6) is 0.808. The molecule has 2 aromatic rings. The van der Waals surface area contributed by atoms with Gasteiger partial charge in [-0.3, -0.25) is 0 Å². The molecule has 1 heterocycles. The molecule has 90 valence electrons. The fourth-order valence-electron chi connectivity index (χ4n) is 1.88. The van der Waals surface area contributed by atoms with E-state index in [-0.39, 0.29) is 0 Å². The highest BCUT2D eigenvalue weighted by molar-refractivity contribution is 5.57. The van der Waals surface area contributed by atoms with Gasteiger partial charge in [0, 0.05) is 24.5 Å². The summed E-state index contributed by atoms with van der Waals surface area (Å²) < 4.78 is 7.30. The van der Waals surface area contributed by atoms with E-state index in [0.717, 1.165) is 28.5 Å². The van der Waals surface area contributed by atoms with Gasteiger partial charge in [-0.25, -0.2) is 4.68 Å². The second-order valence-electron chi connectivity index (χ2n) is 3.98. The van der Waals surface area contributed by atoms with Gasteiger partial charge in [-0.2, -0.15) is 5.10 Å². The molecule has 0 saturated heterocycles. The van der Waals surface area contributed by atoms with E-state index in [0.29, 0.717) is 0 Å². The first-order valence-corrected chi connectivity index (χ1v) is 5.55. The number of hydrogen-bond acceptors (Lipinski definition) is 3. The number of aromatic nitrogens is 2. The number of rotatable bonds is 3. The monoisotopic (exact) mass is 231 g/mol. The van der Waals surface area contributed by atoms with E-state index in [4.69, 9.17) is 4.74 Å². The van der Waals surface area contributed by atoms with Crippen molar-refractivity contribution in [1.82, 2.24) is 9.78 Å². The van der Waals surface area contributed by atoms with Crippen LogP contribution >= 0.6 is 0 Å². The highest BCUT2D eigenvalue weighted by atomic mass is 16.5. The highest BCUT2D eigenvalue weighted by Gasteiger charge is 2.09. The van der Waals surface area contributed by atoms with Crippen LogP contribution < -0.4 is 10.1 Å². The molecule has 0 amide bonds. The van der Waals surface area contributed by atoms with E-state index in [2.05, 4.69) is 10.4 Å². The quantitative estimate of drug-likeness (QED) is 0.882. The van der Waals surface area contributed by atoms with Gasteiger partial charge in [0.1, 0.15) is 11.4 Å². The Kier molecular flexibility index (Phi) is 3.04. The minimum atomic E-state index is 0.808. The zero-order chi connectivity index (χ0) is 12.4. The maximum atomic E-state index is 5.41. The third kappa shape index (κ3) is 2.11. The standard InChI is InChI=1S/C13H17N3O/c1-9-7-10(2)16(15-9)12-6-5-11(14-3)8-13(12)17-4/h5-8,14H,1-4H3. The number of hydrogen-bond donors (Lipinski definition) is 1. The first kappa shape index (κ1) is 11.5. The predicted octanol–water partition coefficient (Wildman–Crippen LogP) is 2.54.